The van der Waals surface area contributed by atoms with Crippen molar-refractivity contribution in [3.8, 4) is 5.75 Å². The van der Waals surface area contributed by atoms with E-state index in [0.29, 0.717) is 13.0 Å². The molecule has 0 unspecified atom stereocenters. The molecule has 0 fully saturated rings. The molecule has 1 aromatic rings. The van der Waals surface area contributed by atoms with Gasteiger partial charge in [-0.1, -0.05) is 32.0 Å². The van der Waals surface area contributed by atoms with E-state index in [-0.39, 0.29) is 11.4 Å². The van der Waals surface area contributed by atoms with E-state index in [4.69, 9.17) is 10.5 Å². The molecular formula is C15H24N2O2. The van der Waals surface area contributed by atoms with Crippen LogP contribution in [0.4, 0.5) is 0 Å². The predicted octanol–water partition coefficient (Wildman–Crippen LogP) is 1.87. The Morgan fingerprint density at radius 1 is 1.32 bits per heavy atom. The molecule has 4 heteroatoms. The molecule has 0 saturated carbocycles. The van der Waals surface area contributed by atoms with E-state index in [9.17, 15) is 4.79 Å². The van der Waals surface area contributed by atoms with Crippen molar-refractivity contribution in [2.75, 3.05) is 13.7 Å². The SMILES string of the molecule is CCC(CC)(CN)NC(=O)Cc1ccccc1OC. The number of hydrogen-bond acceptors (Lipinski definition) is 3. The van der Waals surface area contributed by atoms with Crippen LogP contribution in [0.5, 0.6) is 5.75 Å². The van der Waals surface area contributed by atoms with Gasteiger partial charge in [-0.05, 0) is 18.9 Å². The summed E-state index contributed by atoms with van der Waals surface area (Å²) in [5.74, 6) is 0.725. The van der Waals surface area contributed by atoms with Crippen LogP contribution >= 0.6 is 0 Å². The second kappa shape index (κ2) is 7.14. The average molecular weight is 264 g/mol. The van der Waals surface area contributed by atoms with E-state index < -0.39 is 0 Å². The first-order valence-electron chi connectivity index (χ1n) is 6.73. The fourth-order valence-electron chi connectivity index (χ4n) is 2.13. The van der Waals surface area contributed by atoms with Gasteiger partial charge in [-0.15, -0.1) is 0 Å². The second-order valence-electron chi connectivity index (χ2n) is 4.73. The maximum Gasteiger partial charge on any atom is 0.225 e. The van der Waals surface area contributed by atoms with Gasteiger partial charge >= 0.3 is 0 Å². The molecule has 0 aromatic heterocycles. The molecule has 1 rings (SSSR count). The molecule has 3 N–H and O–H groups in total. The summed E-state index contributed by atoms with van der Waals surface area (Å²) in [6, 6.07) is 7.56. The lowest BCUT2D eigenvalue weighted by Crippen LogP contribution is -2.53. The molecule has 0 aliphatic rings. The third-order valence-corrected chi connectivity index (χ3v) is 3.69. The predicted molar refractivity (Wildman–Crippen MR) is 77.2 cm³/mol. The number of rotatable bonds is 7. The van der Waals surface area contributed by atoms with Crippen molar-refractivity contribution in [2.45, 2.75) is 38.6 Å². The number of ether oxygens (including phenoxy) is 1. The summed E-state index contributed by atoms with van der Waals surface area (Å²) in [7, 11) is 1.61. The Morgan fingerprint density at radius 3 is 2.47 bits per heavy atom. The third kappa shape index (κ3) is 3.96. The van der Waals surface area contributed by atoms with Crippen molar-refractivity contribution in [1.29, 1.82) is 0 Å². The van der Waals surface area contributed by atoms with Gasteiger partial charge < -0.3 is 15.8 Å². The summed E-state index contributed by atoms with van der Waals surface area (Å²) in [6.07, 6.45) is 1.97. The fraction of sp³-hybridized carbons (Fsp3) is 0.533. The number of nitrogens with two attached hydrogens (primary N) is 1. The minimum atomic E-state index is -0.293. The number of amides is 1. The number of benzene rings is 1. The first kappa shape index (κ1) is 15.5. The Balaban J connectivity index is 2.74. The molecule has 0 radical (unpaired) electrons. The molecule has 1 amide bonds. The van der Waals surface area contributed by atoms with Gasteiger partial charge in [0.2, 0.25) is 5.91 Å². The van der Waals surface area contributed by atoms with Crippen molar-refractivity contribution in [1.82, 2.24) is 5.32 Å². The van der Waals surface area contributed by atoms with Crippen LogP contribution in [0.3, 0.4) is 0 Å². The number of para-hydroxylation sites is 1. The summed E-state index contributed by atoms with van der Waals surface area (Å²) in [4.78, 5) is 12.2. The van der Waals surface area contributed by atoms with Crippen LogP contribution in [-0.4, -0.2) is 25.1 Å². The lowest BCUT2D eigenvalue weighted by molar-refractivity contribution is -0.122. The molecule has 106 valence electrons. The van der Waals surface area contributed by atoms with Gasteiger partial charge in [0.15, 0.2) is 0 Å². The first-order chi connectivity index (χ1) is 9.10. The van der Waals surface area contributed by atoms with Crippen molar-refractivity contribution in [3.05, 3.63) is 29.8 Å². The van der Waals surface area contributed by atoms with Gasteiger partial charge in [-0.2, -0.15) is 0 Å². The maximum absolute atomic E-state index is 12.2. The normalized spacial score (nSPS) is 11.2. The zero-order valence-electron chi connectivity index (χ0n) is 12.0. The molecule has 0 spiro atoms. The monoisotopic (exact) mass is 264 g/mol. The van der Waals surface area contributed by atoms with E-state index in [1.165, 1.54) is 0 Å². The molecular weight excluding hydrogens is 240 g/mol. The van der Waals surface area contributed by atoms with Gasteiger partial charge in [-0.25, -0.2) is 0 Å². The molecule has 0 atom stereocenters. The molecule has 0 saturated heterocycles. The number of carbonyl (C=O) groups is 1. The lowest BCUT2D eigenvalue weighted by atomic mass is 9.92. The van der Waals surface area contributed by atoms with E-state index in [1.54, 1.807) is 7.11 Å². The Hall–Kier alpha value is -1.55. The highest BCUT2D eigenvalue weighted by atomic mass is 16.5. The second-order valence-corrected chi connectivity index (χ2v) is 4.73. The standard InChI is InChI=1S/C15H24N2O2/c1-4-15(5-2,11-16)17-14(18)10-12-8-6-7-9-13(12)19-3/h6-9H,4-5,10-11,16H2,1-3H3,(H,17,18). The molecule has 0 heterocycles. The maximum atomic E-state index is 12.2. The van der Waals surface area contributed by atoms with Crippen molar-refractivity contribution < 1.29 is 9.53 Å². The van der Waals surface area contributed by atoms with Crippen LogP contribution in [0.25, 0.3) is 0 Å². The zero-order chi connectivity index (χ0) is 14.3. The Labute approximate surface area is 115 Å². The van der Waals surface area contributed by atoms with Gasteiger partial charge in [0, 0.05) is 12.1 Å². The molecule has 0 bridgehead atoms. The minimum absolute atomic E-state index is 0.0151. The Morgan fingerprint density at radius 2 is 1.95 bits per heavy atom. The van der Waals surface area contributed by atoms with Crippen LogP contribution in [0.1, 0.15) is 32.3 Å². The lowest BCUT2D eigenvalue weighted by Gasteiger charge is -2.31. The van der Waals surface area contributed by atoms with Gasteiger partial charge in [-0.3, -0.25) is 4.79 Å². The number of carbonyl (C=O) groups excluding carboxylic acids is 1. The highest BCUT2D eigenvalue weighted by molar-refractivity contribution is 5.80. The number of hydrogen-bond donors (Lipinski definition) is 2. The van der Waals surface area contributed by atoms with Crippen LogP contribution < -0.4 is 15.8 Å². The Bertz CT molecular complexity index is 406. The first-order valence-corrected chi connectivity index (χ1v) is 6.73. The summed E-state index contributed by atoms with van der Waals surface area (Å²) < 4.78 is 5.25. The van der Waals surface area contributed by atoms with E-state index in [2.05, 4.69) is 5.32 Å². The molecule has 19 heavy (non-hydrogen) atoms. The smallest absolute Gasteiger partial charge is 0.225 e. The molecule has 0 aliphatic heterocycles. The molecule has 4 nitrogen and oxygen atoms in total. The molecule has 0 aliphatic carbocycles. The van der Waals surface area contributed by atoms with Crippen molar-refractivity contribution in [3.63, 3.8) is 0 Å². The van der Waals surface area contributed by atoms with E-state index in [0.717, 1.165) is 24.2 Å². The van der Waals surface area contributed by atoms with Crippen LogP contribution in [0.2, 0.25) is 0 Å². The highest BCUT2D eigenvalue weighted by Gasteiger charge is 2.26. The highest BCUT2D eigenvalue weighted by Crippen LogP contribution is 2.19. The summed E-state index contributed by atoms with van der Waals surface area (Å²) >= 11 is 0. The summed E-state index contributed by atoms with van der Waals surface area (Å²) in [5, 5.41) is 3.06. The van der Waals surface area contributed by atoms with Crippen molar-refractivity contribution >= 4 is 5.91 Å². The van der Waals surface area contributed by atoms with E-state index >= 15 is 0 Å². The van der Waals surface area contributed by atoms with Crippen LogP contribution in [-0.2, 0) is 11.2 Å². The fourth-order valence-corrected chi connectivity index (χ4v) is 2.13. The van der Waals surface area contributed by atoms with Gasteiger partial charge in [0.1, 0.15) is 5.75 Å². The number of nitrogens with one attached hydrogen (secondary N) is 1. The zero-order valence-corrected chi connectivity index (χ0v) is 12.0. The van der Waals surface area contributed by atoms with Crippen LogP contribution in [0, 0.1) is 0 Å². The van der Waals surface area contributed by atoms with Gasteiger partial charge in [0.05, 0.1) is 19.1 Å². The van der Waals surface area contributed by atoms with Crippen molar-refractivity contribution in [2.24, 2.45) is 5.73 Å². The summed E-state index contributed by atoms with van der Waals surface area (Å²) in [5.41, 5.74) is 6.38. The van der Waals surface area contributed by atoms with E-state index in [1.807, 2.05) is 38.1 Å². The van der Waals surface area contributed by atoms with Gasteiger partial charge in [0.25, 0.3) is 0 Å². The minimum Gasteiger partial charge on any atom is -0.496 e. The topological polar surface area (TPSA) is 64.3 Å². The summed E-state index contributed by atoms with van der Waals surface area (Å²) in [6.45, 7) is 4.54. The quantitative estimate of drug-likeness (QED) is 0.790. The average Bonchev–Trinajstić information content (AvgIpc) is 2.45. The van der Waals surface area contributed by atoms with Crippen LogP contribution in [0.15, 0.2) is 24.3 Å². The largest absolute Gasteiger partial charge is 0.496 e. The number of methoxy groups -OCH3 is 1. The molecule has 1 aromatic carbocycles. The Kier molecular flexibility index (Phi) is 5.83. The third-order valence-electron chi connectivity index (χ3n) is 3.69.